The van der Waals surface area contributed by atoms with Gasteiger partial charge in [-0.3, -0.25) is 0 Å². The number of thiophene rings is 1. The number of rotatable bonds is 9. The minimum atomic E-state index is -0.549. The number of benzene rings is 12. The normalized spacial score (nSPS) is 12.5. The molecular weight excluding hydrogens is 899 g/mol. The van der Waals surface area contributed by atoms with Crippen LogP contribution < -0.4 is 4.90 Å². The van der Waals surface area contributed by atoms with Crippen molar-refractivity contribution in [2.24, 2.45) is 0 Å². The summed E-state index contributed by atoms with van der Waals surface area (Å²) < 4.78 is 2.62. The second kappa shape index (κ2) is 17.6. The summed E-state index contributed by atoms with van der Waals surface area (Å²) in [5.74, 6) is 0. The van der Waals surface area contributed by atoms with Crippen molar-refractivity contribution in [2.75, 3.05) is 4.90 Å². The first kappa shape index (κ1) is 42.8. The van der Waals surface area contributed by atoms with Gasteiger partial charge in [-0.15, -0.1) is 11.3 Å². The molecule has 0 saturated carbocycles. The van der Waals surface area contributed by atoms with Gasteiger partial charge in [-0.05, 0) is 132 Å². The highest BCUT2D eigenvalue weighted by Gasteiger charge is 2.47. The van der Waals surface area contributed by atoms with Crippen LogP contribution in [0.5, 0.6) is 0 Å². The van der Waals surface area contributed by atoms with Crippen molar-refractivity contribution >= 4 is 59.3 Å². The molecule has 342 valence electrons. The summed E-state index contributed by atoms with van der Waals surface area (Å²) >= 11 is 1.87. The molecule has 0 aliphatic heterocycles. The van der Waals surface area contributed by atoms with Gasteiger partial charge in [0.1, 0.15) is 0 Å². The third kappa shape index (κ3) is 7.06. The summed E-state index contributed by atoms with van der Waals surface area (Å²) in [6.07, 6.45) is 0. The maximum Gasteiger partial charge on any atom is 0.0714 e. The average molecular weight is 946 g/mol. The van der Waals surface area contributed by atoms with Crippen LogP contribution in [0.4, 0.5) is 17.1 Å². The smallest absolute Gasteiger partial charge is 0.0714 e. The summed E-state index contributed by atoms with van der Waals surface area (Å²) in [6.45, 7) is 0. The molecule has 0 bridgehead atoms. The molecule has 0 spiro atoms. The van der Waals surface area contributed by atoms with Crippen LogP contribution in [-0.4, -0.2) is 0 Å². The zero-order chi connectivity index (χ0) is 48.3. The fourth-order valence-electron chi connectivity index (χ4n) is 11.9. The largest absolute Gasteiger partial charge is 0.310 e. The van der Waals surface area contributed by atoms with Gasteiger partial charge in [-0.1, -0.05) is 237 Å². The van der Waals surface area contributed by atoms with E-state index in [0.717, 1.165) is 28.2 Å². The third-order valence-corrected chi connectivity index (χ3v) is 16.3. The Morgan fingerprint density at radius 1 is 0.288 bits per heavy atom. The van der Waals surface area contributed by atoms with Gasteiger partial charge in [-0.25, -0.2) is 0 Å². The molecule has 1 nitrogen and oxygen atoms in total. The highest BCUT2D eigenvalue weighted by molar-refractivity contribution is 7.25. The molecule has 0 N–H and O–H groups in total. The van der Waals surface area contributed by atoms with Gasteiger partial charge in [0.25, 0.3) is 0 Å². The van der Waals surface area contributed by atoms with E-state index in [-0.39, 0.29) is 0 Å². The van der Waals surface area contributed by atoms with Gasteiger partial charge in [-0.2, -0.15) is 0 Å². The van der Waals surface area contributed by atoms with Crippen LogP contribution in [0, 0.1) is 0 Å². The summed E-state index contributed by atoms with van der Waals surface area (Å²) in [7, 11) is 0. The number of anilines is 3. The van der Waals surface area contributed by atoms with E-state index in [1.165, 1.54) is 97.7 Å². The highest BCUT2D eigenvalue weighted by Crippen LogP contribution is 2.60. The predicted molar refractivity (Wildman–Crippen MR) is 311 cm³/mol. The molecule has 1 aromatic heterocycles. The second-order valence-electron chi connectivity index (χ2n) is 19.1. The van der Waals surface area contributed by atoms with E-state index in [1.807, 2.05) is 11.3 Å². The Morgan fingerprint density at radius 2 is 0.849 bits per heavy atom. The van der Waals surface area contributed by atoms with Gasteiger partial charge < -0.3 is 4.90 Å². The van der Waals surface area contributed by atoms with Crippen molar-refractivity contribution in [1.29, 1.82) is 0 Å². The lowest BCUT2D eigenvalue weighted by molar-refractivity contribution is 0.768. The molecule has 14 rings (SSSR count). The van der Waals surface area contributed by atoms with Gasteiger partial charge in [0, 0.05) is 37.1 Å². The third-order valence-electron chi connectivity index (χ3n) is 15.1. The van der Waals surface area contributed by atoms with E-state index in [1.54, 1.807) is 0 Å². The molecule has 0 amide bonds. The summed E-state index contributed by atoms with van der Waals surface area (Å²) in [5, 5.41) is 5.10. The van der Waals surface area contributed by atoms with Crippen molar-refractivity contribution in [1.82, 2.24) is 0 Å². The van der Waals surface area contributed by atoms with Crippen LogP contribution in [-0.2, 0) is 5.41 Å². The predicted octanol–water partition coefficient (Wildman–Crippen LogP) is 19.7. The first-order valence-corrected chi connectivity index (χ1v) is 26.0. The maximum atomic E-state index is 2.51. The van der Waals surface area contributed by atoms with Crippen molar-refractivity contribution < 1.29 is 0 Å². The molecule has 12 aromatic carbocycles. The fraction of sp³-hybridized carbons (Fsp3) is 0.0141. The van der Waals surface area contributed by atoms with Crippen LogP contribution in [0.3, 0.4) is 0 Å². The molecule has 0 radical (unpaired) electrons. The van der Waals surface area contributed by atoms with E-state index in [2.05, 4.69) is 290 Å². The van der Waals surface area contributed by atoms with Crippen molar-refractivity contribution in [3.8, 4) is 55.6 Å². The second-order valence-corrected chi connectivity index (χ2v) is 20.2. The van der Waals surface area contributed by atoms with Gasteiger partial charge >= 0.3 is 0 Å². The summed E-state index contributed by atoms with van der Waals surface area (Å²) in [4.78, 5) is 2.51. The molecule has 1 aliphatic rings. The van der Waals surface area contributed by atoms with Gasteiger partial charge in [0.05, 0.1) is 11.1 Å². The minimum Gasteiger partial charge on any atom is -0.310 e. The standard InChI is InChI=1S/C71H47NS/c1-5-20-48(21-6-1)53-44-54(49-22-7-2-8-23-49)46-58(45-53)72(66-34-19-33-65-70(66)63-31-15-17-32-64(63)71(65,55-25-9-3-10-26-55)56-27-11-4-12-28-56)57-40-36-51(37-41-57)60-42-38-50-24-13-14-29-59(50)69(60)52-39-43-62-61-30-16-18-35-67(61)73-68(62)47-52/h1-47H. The molecule has 0 saturated heterocycles. The first-order valence-electron chi connectivity index (χ1n) is 25.2. The van der Waals surface area contributed by atoms with Crippen molar-refractivity contribution in [3.05, 3.63) is 307 Å². The zero-order valence-corrected chi connectivity index (χ0v) is 40.8. The van der Waals surface area contributed by atoms with Crippen LogP contribution in [0.1, 0.15) is 22.3 Å². The topological polar surface area (TPSA) is 3.24 Å². The molecular formula is C71H47NS. The van der Waals surface area contributed by atoms with Crippen LogP contribution in [0.2, 0.25) is 0 Å². The summed E-state index contributed by atoms with van der Waals surface area (Å²) in [6, 6.07) is 106. The Labute approximate surface area is 430 Å². The molecule has 1 aliphatic carbocycles. The quantitative estimate of drug-likeness (QED) is 0.139. The molecule has 0 fully saturated rings. The maximum absolute atomic E-state index is 2.51. The lowest BCUT2D eigenvalue weighted by Crippen LogP contribution is -2.28. The lowest BCUT2D eigenvalue weighted by Gasteiger charge is -2.34. The van der Waals surface area contributed by atoms with Crippen molar-refractivity contribution in [3.63, 3.8) is 0 Å². The van der Waals surface area contributed by atoms with Gasteiger partial charge in [0.2, 0.25) is 0 Å². The number of nitrogens with zero attached hydrogens (tertiary/aromatic N) is 1. The molecule has 1 heterocycles. The molecule has 2 heteroatoms. The first-order chi connectivity index (χ1) is 36.2. The summed E-state index contributed by atoms with van der Waals surface area (Å²) in [5.41, 5.74) is 19.8. The Balaban J connectivity index is 1.01. The van der Waals surface area contributed by atoms with Crippen LogP contribution in [0.15, 0.2) is 285 Å². The number of hydrogen-bond donors (Lipinski definition) is 0. The highest BCUT2D eigenvalue weighted by atomic mass is 32.1. The molecule has 13 aromatic rings. The number of hydrogen-bond acceptors (Lipinski definition) is 2. The average Bonchev–Trinajstić information content (AvgIpc) is 4.05. The molecule has 0 atom stereocenters. The Bertz CT molecular complexity index is 4080. The fourth-order valence-corrected chi connectivity index (χ4v) is 13.1. The van der Waals surface area contributed by atoms with Gasteiger partial charge in [0.15, 0.2) is 0 Å². The van der Waals surface area contributed by atoms with E-state index >= 15 is 0 Å². The molecule has 0 unspecified atom stereocenters. The van der Waals surface area contributed by atoms with Crippen molar-refractivity contribution in [2.45, 2.75) is 5.41 Å². The zero-order valence-electron chi connectivity index (χ0n) is 40.0. The Hall–Kier alpha value is -9.08. The molecule has 73 heavy (non-hydrogen) atoms. The Kier molecular flexibility index (Phi) is 10.3. The minimum absolute atomic E-state index is 0.549. The Morgan fingerprint density at radius 3 is 1.55 bits per heavy atom. The van der Waals surface area contributed by atoms with E-state index in [4.69, 9.17) is 0 Å². The van der Waals surface area contributed by atoms with Crippen LogP contribution >= 0.6 is 11.3 Å². The van der Waals surface area contributed by atoms with E-state index in [0.29, 0.717) is 0 Å². The van der Waals surface area contributed by atoms with E-state index in [9.17, 15) is 0 Å². The lowest BCUT2D eigenvalue weighted by atomic mass is 9.68. The monoisotopic (exact) mass is 945 g/mol. The number of fused-ring (bicyclic) bond motifs is 7. The SMILES string of the molecule is c1ccc(-c2cc(-c3ccccc3)cc(N(c3ccc(-c4ccc5ccccc5c4-c4ccc5c(c4)sc4ccccc45)cc3)c3cccc4c3-c3ccccc3C4(c3ccccc3)c3ccccc3)c2)cc1. The van der Waals surface area contributed by atoms with Crippen LogP contribution in [0.25, 0.3) is 86.6 Å². The van der Waals surface area contributed by atoms with E-state index < -0.39 is 5.41 Å².